The van der Waals surface area contributed by atoms with E-state index in [1.54, 1.807) is 6.07 Å². The van der Waals surface area contributed by atoms with Crippen LogP contribution >= 0.6 is 0 Å². The number of morpholine rings is 1. The van der Waals surface area contributed by atoms with Crippen molar-refractivity contribution in [2.24, 2.45) is 11.7 Å². The van der Waals surface area contributed by atoms with Crippen molar-refractivity contribution in [2.45, 2.75) is 38.2 Å². The van der Waals surface area contributed by atoms with Crippen LogP contribution in [0.25, 0.3) is 16.9 Å². The highest BCUT2D eigenvalue weighted by molar-refractivity contribution is 5.78. The van der Waals surface area contributed by atoms with Crippen molar-refractivity contribution in [1.82, 2.24) is 19.5 Å². The minimum Gasteiger partial charge on any atom is -0.378 e. The molecule has 1 aliphatic carbocycles. The SMILES string of the molecule is N[C@H]1CC[C@H](CNc2nc(N3CCOCC3)cc(-n3c(C(F)F)nc4cc(F)ccc43)n2)CC1. The number of ether oxygens (including phenoxy) is 1. The number of rotatable bonds is 6. The van der Waals surface area contributed by atoms with Crippen LogP contribution in [0.1, 0.15) is 37.9 Å². The molecule has 1 aromatic carbocycles. The Balaban J connectivity index is 1.53. The molecule has 2 fully saturated rings. The molecule has 0 atom stereocenters. The van der Waals surface area contributed by atoms with Gasteiger partial charge in [-0.2, -0.15) is 9.97 Å². The van der Waals surface area contributed by atoms with Gasteiger partial charge in [0.1, 0.15) is 17.5 Å². The molecule has 1 saturated carbocycles. The molecule has 2 aliphatic rings. The summed E-state index contributed by atoms with van der Waals surface area (Å²) in [6, 6.07) is 5.75. The van der Waals surface area contributed by atoms with Crippen LogP contribution in [0.2, 0.25) is 0 Å². The summed E-state index contributed by atoms with van der Waals surface area (Å²) in [4.78, 5) is 15.3. The van der Waals surface area contributed by atoms with Crippen molar-refractivity contribution in [3.8, 4) is 5.82 Å². The fourth-order valence-corrected chi connectivity index (χ4v) is 4.66. The fourth-order valence-electron chi connectivity index (χ4n) is 4.66. The lowest BCUT2D eigenvalue weighted by Gasteiger charge is -2.29. The summed E-state index contributed by atoms with van der Waals surface area (Å²) in [6.07, 6.45) is 1.16. The Morgan fingerprint density at radius 1 is 1.03 bits per heavy atom. The molecule has 182 valence electrons. The summed E-state index contributed by atoms with van der Waals surface area (Å²) in [6.45, 7) is 3.05. The van der Waals surface area contributed by atoms with Crippen molar-refractivity contribution in [3.05, 3.63) is 35.9 Å². The van der Waals surface area contributed by atoms with Gasteiger partial charge in [0.05, 0.1) is 24.2 Å². The number of nitrogens with zero attached hydrogens (tertiary/aromatic N) is 5. The lowest BCUT2D eigenvalue weighted by molar-refractivity contribution is 0.122. The number of imidazole rings is 1. The highest BCUT2D eigenvalue weighted by Gasteiger charge is 2.24. The molecule has 34 heavy (non-hydrogen) atoms. The van der Waals surface area contributed by atoms with Crippen molar-refractivity contribution in [1.29, 1.82) is 0 Å². The number of benzene rings is 1. The Morgan fingerprint density at radius 2 is 1.76 bits per heavy atom. The fraction of sp³-hybridized carbons (Fsp3) is 0.522. The number of hydrogen-bond acceptors (Lipinski definition) is 7. The molecule has 11 heteroatoms. The number of nitrogens with two attached hydrogens (primary N) is 1. The van der Waals surface area contributed by atoms with Gasteiger partial charge in [-0.25, -0.2) is 18.2 Å². The van der Waals surface area contributed by atoms with Gasteiger partial charge < -0.3 is 20.7 Å². The maximum Gasteiger partial charge on any atom is 0.296 e. The Bertz CT molecular complexity index is 1140. The lowest BCUT2D eigenvalue weighted by Crippen LogP contribution is -2.37. The molecule has 0 radical (unpaired) electrons. The number of halogens is 3. The third-order valence-corrected chi connectivity index (χ3v) is 6.54. The summed E-state index contributed by atoms with van der Waals surface area (Å²) in [7, 11) is 0. The molecule has 0 amide bonds. The van der Waals surface area contributed by atoms with E-state index in [0.29, 0.717) is 56.0 Å². The number of nitrogens with one attached hydrogen (secondary N) is 1. The van der Waals surface area contributed by atoms with Gasteiger partial charge in [0.15, 0.2) is 5.82 Å². The van der Waals surface area contributed by atoms with Gasteiger partial charge in [-0.05, 0) is 43.7 Å². The molecule has 0 spiro atoms. The largest absolute Gasteiger partial charge is 0.378 e. The molecule has 8 nitrogen and oxygen atoms in total. The third kappa shape index (κ3) is 4.80. The zero-order valence-corrected chi connectivity index (χ0v) is 18.8. The maximum atomic E-state index is 14.0. The molecule has 3 heterocycles. The summed E-state index contributed by atoms with van der Waals surface area (Å²) < 4.78 is 48.4. The van der Waals surface area contributed by atoms with Gasteiger partial charge in [-0.15, -0.1) is 0 Å². The second kappa shape index (κ2) is 9.75. The summed E-state index contributed by atoms with van der Waals surface area (Å²) in [5, 5.41) is 3.31. The standard InChI is InChI=1S/C23H28F3N7O/c24-15-3-6-18-17(11-15)29-22(21(25)26)33(18)20-12-19(32-7-9-34-10-8-32)30-23(31-20)28-13-14-1-4-16(27)5-2-14/h3,6,11-12,14,16,21H,1-2,4-5,7-10,13,27H2,(H,28,30,31)/t14-,16-. The van der Waals surface area contributed by atoms with Gasteiger partial charge in [0.2, 0.25) is 5.95 Å². The van der Waals surface area contributed by atoms with E-state index in [1.165, 1.54) is 16.7 Å². The number of anilines is 2. The maximum absolute atomic E-state index is 14.0. The first-order valence-corrected chi connectivity index (χ1v) is 11.7. The van der Waals surface area contributed by atoms with E-state index in [2.05, 4.69) is 20.3 Å². The van der Waals surface area contributed by atoms with Crippen LogP contribution in [-0.2, 0) is 4.74 Å². The molecule has 5 rings (SSSR count). The number of hydrogen-bond donors (Lipinski definition) is 2. The van der Waals surface area contributed by atoms with E-state index >= 15 is 0 Å². The van der Waals surface area contributed by atoms with Crippen molar-refractivity contribution >= 4 is 22.8 Å². The molecule has 0 bridgehead atoms. The lowest BCUT2D eigenvalue weighted by atomic mass is 9.86. The minimum absolute atomic E-state index is 0.148. The smallest absolute Gasteiger partial charge is 0.296 e. The zero-order chi connectivity index (χ0) is 23.7. The quantitative estimate of drug-likeness (QED) is 0.562. The van der Waals surface area contributed by atoms with Crippen molar-refractivity contribution < 1.29 is 17.9 Å². The van der Waals surface area contributed by atoms with E-state index < -0.39 is 18.1 Å². The molecule has 3 N–H and O–H groups in total. The summed E-state index contributed by atoms with van der Waals surface area (Å²) >= 11 is 0. The average Bonchev–Trinajstić information content (AvgIpc) is 3.23. The van der Waals surface area contributed by atoms with Gasteiger partial charge in [-0.1, -0.05) is 0 Å². The number of aromatic nitrogens is 4. The van der Waals surface area contributed by atoms with E-state index in [1.807, 2.05) is 4.90 Å². The molecular formula is C23H28F3N7O. The Kier molecular flexibility index (Phi) is 6.55. The molecule has 0 unspecified atom stereocenters. The average molecular weight is 476 g/mol. The van der Waals surface area contributed by atoms with Crippen LogP contribution in [0, 0.1) is 11.7 Å². The first-order valence-electron chi connectivity index (χ1n) is 11.7. The predicted octanol–water partition coefficient (Wildman–Crippen LogP) is 3.66. The highest BCUT2D eigenvalue weighted by atomic mass is 19.3. The number of fused-ring (bicyclic) bond motifs is 1. The van der Waals surface area contributed by atoms with Gasteiger partial charge in [-0.3, -0.25) is 4.57 Å². The topological polar surface area (TPSA) is 94.1 Å². The summed E-state index contributed by atoms with van der Waals surface area (Å²) in [5.41, 5.74) is 6.52. The van der Waals surface area contributed by atoms with E-state index in [9.17, 15) is 13.2 Å². The van der Waals surface area contributed by atoms with Crippen molar-refractivity contribution in [2.75, 3.05) is 43.1 Å². The molecular weight excluding hydrogens is 447 g/mol. The second-order valence-electron chi connectivity index (χ2n) is 8.91. The van der Waals surface area contributed by atoms with Crippen molar-refractivity contribution in [3.63, 3.8) is 0 Å². The predicted molar refractivity (Wildman–Crippen MR) is 123 cm³/mol. The van der Waals surface area contributed by atoms with Crippen LogP contribution < -0.4 is 16.0 Å². The van der Waals surface area contributed by atoms with Gasteiger partial charge >= 0.3 is 0 Å². The van der Waals surface area contributed by atoms with Crippen LogP contribution in [0.4, 0.5) is 24.9 Å². The zero-order valence-electron chi connectivity index (χ0n) is 18.8. The number of alkyl halides is 2. The van der Waals surface area contributed by atoms with E-state index in [-0.39, 0.29) is 17.4 Å². The molecule has 2 aromatic heterocycles. The Labute approximate surface area is 195 Å². The Morgan fingerprint density at radius 3 is 2.50 bits per heavy atom. The minimum atomic E-state index is -2.86. The molecule has 1 saturated heterocycles. The van der Waals surface area contributed by atoms with E-state index in [0.717, 1.165) is 31.7 Å². The third-order valence-electron chi connectivity index (χ3n) is 6.54. The Hall–Kier alpha value is -2.92. The van der Waals surface area contributed by atoms with Gasteiger partial charge in [0, 0.05) is 37.8 Å². The molecule has 1 aliphatic heterocycles. The highest BCUT2D eigenvalue weighted by Crippen LogP contribution is 2.30. The first kappa shape index (κ1) is 22.9. The van der Waals surface area contributed by atoms with Gasteiger partial charge in [0.25, 0.3) is 6.43 Å². The van der Waals surface area contributed by atoms with Crippen LogP contribution in [0.5, 0.6) is 0 Å². The summed E-state index contributed by atoms with van der Waals surface area (Å²) in [5.74, 6) is 0.661. The van der Waals surface area contributed by atoms with Crippen LogP contribution in [0.3, 0.4) is 0 Å². The molecule has 3 aromatic rings. The second-order valence-corrected chi connectivity index (χ2v) is 8.91. The van der Waals surface area contributed by atoms with E-state index in [4.69, 9.17) is 10.5 Å². The van der Waals surface area contributed by atoms with Crippen LogP contribution in [0.15, 0.2) is 24.3 Å². The monoisotopic (exact) mass is 475 g/mol. The normalized spacial score (nSPS) is 21.4. The van der Waals surface area contributed by atoms with Crippen LogP contribution in [-0.4, -0.2) is 58.4 Å². The first-order chi connectivity index (χ1) is 16.5.